The van der Waals surface area contributed by atoms with E-state index in [9.17, 15) is 0 Å². The Morgan fingerprint density at radius 2 is 0.500 bits per heavy atom. The minimum atomic E-state index is 0. The van der Waals surface area contributed by atoms with Crippen molar-refractivity contribution in [3.05, 3.63) is 0 Å². The van der Waals surface area contributed by atoms with Crippen molar-refractivity contribution in [2.75, 3.05) is 0 Å². The van der Waals surface area contributed by atoms with Gasteiger partial charge in [-0.25, -0.2) is 0 Å². The van der Waals surface area contributed by atoms with E-state index in [4.69, 9.17) is 0 Å². The molecule has 0 saturated heterocycles. The predicted molar refractivity (Wildman–Crippen MR) is 8.50 cm³/mol. The summed E-state index contributed by atoms with van der Waals surface area (Å²) in [5.41, 5.74) is 0. The zero-order valence-corrected chi connectivity index (χ0v) is 7.23. The Labute approximate surface area is 59.0 Å². The van der Waals surface area contributed by atoms with Crippen LogP contribution in [0.2, 0.25) is 0 Å². The van der Waals surface area contributed by atoms with Gasteiger partial charge in [-0.15, -0.1) is 0 Å². The molecule has 0 radical (unpaired) electrons. The number of hydrogen-bond acceptors (Lipinski definition) is 0. The molecule has 0 amide bonds. The fourth-order valence-corrected chi connectivity index (χ4v) is 0. The Hall–Kier alpha value is 0.927. The van der Waals surface area contributed by atoms with Gasteiger partial charge in [0.2, 0.25) is 0 Å². The molecule has 0 atom stereocenters. The van der Waals surface area contributed by atoms with Crippen molar-refractivity contribution in [2.45, 2.75) is 0 Å². The average molecular weight is 271 g/mol. The monoisotopic (exact) mass is 272 g/mol. The van der Waals surface area contributed by atoms with Gasteiger partial charge in [-0.1, -0.05) is 0 Å². The van der Waals surface area contributed by atoms with E-state index < -0.39 is 0 Å². The van der Waals surface area contributed by atoms with E-state index in [1.54, 1.807) is 0 Å². The molecule has 32 valence electrons. The molecule has 4 nitrogen and oxygen atoms in total. The SMILES string of the molecule is [Hf+4].[O-2].[O-2].[O-2].[O-2].[Si+4]. The van der Waals surface area contributed by atoms with Crippen molar-refractivity contribution >= 4 is 11.0 Å². The van der Waals surface area contributed by atoms with Crippen molar-refractivity contribution in [3.8, 4) is 0 Å². The van der Waals surface area contributed by atoms with Gasteiger partial charge in [0.25, 0.3) is 0 Å². The zero-order chi connectivity index (χ0) is 0. The minimum Gasteiger partial charge on any atom is -2.00 e. The molecule has 6 heteroatoms. The summed E-state index contributed by atoms with van der Waals surface area (Å²) in [6, 6.07) is 0. The van der Waals surface area contributed by atoms with Crippen LogP contribution in [0.4, 0.5) is 0 Å². The molecule has 0 aliphatic carbocycles. The Kier molecular flexibility index (Phi) is 7900. The van der Waals surface area contributed by atoms with E-state index in [0.717, 1.165) is 0 Å². The molecule has 0 fully saturated rings. The molecule has 0 N–H and O–H groups in total. The molecule has 0 spiro atoms. The molecule has 0 heterocycles. The van der Waals surface area contributed by atoms with E-state index >= 15 is 0 Å². The van der Waals surface area contributed by atoms with E-state index in [1.807, 2.05) is 0 Å². The van der Waals surface area contributed by atoms with Gasteiger partial charge in [0.15, 0.2) is 0 Å². The molecule has 6 heavy (non-hydrogen) atoms. The van der Waals surface area contributed by atoms with Crippen LogP contribution in [0, 0.1) is 0 Å². The molecule has 0 aromatic carbocycles. The van der Waals surface area contributed by atoms with Crippen molar-refractivity contribution in [1.82, 2.24) is 0 Å². The van der Waals surface area contributed by atoms with Gasteiger partial charge >= 0.3 is 36.8 Å². The van der Waals surface area contributed by atoms with E-state index in [1.165, 1.54) is 0 Å². The first-order chi connectivity index (χ1) is 0. The van der Waals surface area contributed by atoms with Crippen LogP contribution in [0.15, 0.2) is 0 Å². The third-order valence-electron chi connectivity index (χ3n) is 0. The number of rotatable bonds is 0. The summed E-state index contributed by atoms with van der Waals surface area (Å²) in [6.45, 7) is 0. The molecule has 0 aliphatic heterocycles. The van der Waals surface area contributed by atoms with Crippen molar-refractivity contribution in [1.29, 1.82) is 0 Å². The summed E-state index contributed by atoms with van der Waals surface area (Å²) in [7, 11) is 0. The maximum atomic E-state index is 0. The Bertz CT molecular complexity index is 7.51. The fourth-order valence-electron chi connectivity index (χ4n) is 0. The molecular weight excluding hydrogens is 271 g/mol. The van der Waals surface area contributed by atoms with Crippen LogP contribution in [-0.2, 0) is 47.7 Å². The Morgan fingerprint density at radius 3 is 0.500 bits per heavy atom. The van der Waals surface area contributed by atoms with Crippen LogP contribution in [0.3, 0.4) is 0 Å². The standard InChI is InChI=1S/Hf.4O.Si/q+4;4*-2;+4. The predicted octanol–water partition coefficient (Wildman–Crippen LogP) is -0.859. The van der Waals surface area contributed by atoms with Crippen molar-refractivity contribution in [2.24, 2.45) is 0 Å². The van der Waals surface area contributed by atoms with Crippen LogP contribution >= 0.6 is 0 Å². The molecule has 0 unspecified atom stereocenters. The molecule has 0 bridgehead atoms. The molecule has 0 aromatic rings. The van der Waals surface area contributed by atoms with Crippen LogP contribution in [0.1, 0.15) is 0 Å². The van der Waals surface area contributed by atoms with Gasteiger partial charge in [-0.2, -0.15) is 0 Å². The molecule has 0 saturated carbocycles. The van der Waals surface area contributed by atoms with Crippen LogP contribution in [-0.4, -0.2) is 11.0 Å². The van der Waals surface area contributed by atoms with Crippen molar-refractivity contribution in [3.63, 3.8) is 0 Å². The maximum Gasteiger partial charge on any atom is 4.00 e. The van der Waals surface area contributed by atoms with Gasteiger partial charge in [0, 0.05) is 0 Å². The normalized spacial score (nSPS) is 0. The summed E-state index contributed by atoms with van der Waals surface area (Å²) in [4.78, 5) is 0. The summed E-state index contributed by atoms with van der Waals surface area (Å²) in [5.74, 6) is 0. The summed E-state index contributed by atoms with van der Waals surface area (Å²) in [5, 5.41) is 0. The second-order valence-corrected chi connectivity index (χ2v) is 0. The largest absolute Gasteiger partial charge is 4.00 e. The fraction of sp³-hybridized carbons (Fsp3) is 0. The van der Waals surface area contributed by atoms with Gasteiger partial charge in [0.1, 0.15) is 0 Å². The zero-order valence-electron chi connectivity index (χ0n) is 2.63. The van der Waals surface area contributed by atoms with Crippen LogP contribution < -0.4 is 0 Å². The quantitative estimate of drug-likeness (QED) is 0.510. The molecule has 0 aliphatic rings. The van der Waals surface area contributed by atoms with Gasteiger partial charge in [-0.3, -0.25) is 0 Å². The smallest absolute Gasteiger partial charge is 2.00 e. The van der Waals surface area contributed by atoms with Gasteiger partial charge < -0.3 is 21.9 Å². The summed E-state index contributed by atoms with van der Waals surface area (Å²) < 4.78 is 0. The summed E-state index contributed by atoms with van der Waals surface area (Å²) >= 11 is 0. The van der Waals surface area contributed by atoms with Gasteiger partial charge in [-0.05, 0) is 0 Å². The topological polar surface area (TPSA) is 114 Å². The molecule has 0 rings (SSSR count). The first-order valence-electron chi connectivity index (χ1n) is 0. The Morgan fingerprint density at radius 1 is 0.500 bits per heavy atom. The minimum absolute atomic E-state index is 0. The first-order valence-corrected chi connectivity index (χ1v) is 0. The average Bonchev–Trinajstić information content (AvgIpc) is 0. The summed E-state index contributed by atoms with van der Waals surface area (Å²) in [6.07, 6.45) is 0. The van der Waals surface area contributed by atoms with Crippen LogP contribution in [0.25, 0.3) is 0 Å². The van der Waals surface area contributed by atoms with E-state index in [-0.39, 0.29) is 58.7 Å². The second-order valence-electron chi connectivity index (χ2n) is 0. The molecular formula is HfO4Si. The first kappa shape index (κ1) is 283. The van der Waals surface area contributed by atoms with Crippen molar-refractivity contribution < 1.29 is 47.7 Å². The third kappa shape index (κ3) is 88.4. The van der Waals surface area contributed by atoms with E-state index in [2.05, 4.69) is 0 Å². The maximum absolute atomic E-state index is 0. The molecule has 0 aromatic heterocycles. The van der Waals surface area contributed by atoms with E-state index in [0.29, 0.717) is 0 Å². The third-order valence-corrected chi connectivity index (χ3v) is 0. The van der Waals surface area contributed by atoms with Crippen LogP contribution in [0.5, 0.6) is 0 Å². The number of hydrogen-bond donors (Lipinski definition) is 0. The van der Waals surface area contributed by atoms with Gasteiger partial charge in [0.05, 0.1) is 0 Å². The Balaban J connectivity index is 0. The second kappa shape index (κ2) is 167.